The number of hydrogen-bond donors (Lipinski definition) is 1. The number of nitrogens with zero attached hydrogens (tertiary/aromatic N) is 3. The standard InChI is InChI=1S/C27H25BrN4O4S2/c1-35-19-10-8-18(9-11-19)32-26(34)24-20-5-3-4-6-22(20)38-25(24)30-27(32)37-15-23(33)31-29-14-16-13-17(28)7-12-21(16)36-2/h7-14H,3-6,15H2,1-2H3,(H,31,33). The number of ether oxygens (including phenoxy) is 2. The molecule has 196 valence electrons. The molecule has 0 fully saturated rings. The molecule has 1 amide bonds. The van der Waals surface area contributed by atoms with E-state index in [0.29, 0.717) is 27.7 Å². The fraction of sp³-hybridized carbons (Fsp3) is 0.259. The highest BCUT2D eigenvalue weighted by molar-refractivity contribution is 9.10. The predicted molar refractivity (Wildman–Crippen MR) is 156 cm³/mol. The van der Waals surface area contributed by atoms with Gasteiger partial charge in [-0.1, -0.05) is 27.7 Å². The molecule has 8 nitrogen and oxygen atoms in total. The van der Waals surface area contributed by atoms with Gasteiger partial charge in [0.2, 0.25) is 0 Å². The molecule has 4 aromatic rings. The van der Waals surface area contributed by atoms with E-state index in [-0.39, 0.29) is 17.2 Å². The smallest absolute Gasteiger partial charge is 0.267 e. The van der Waals surface area contributed by atoms with E-state index in [9.17, 15) is 9.59 Å². The lowest BCUT2D eigenvalue weighted by atomic mass is 9.97. The summed E-state index contributed by atoms with van der Waals surface area (Å²) in [6, 6.07) is 12.8. The van der Waals surface area contributed by atoms with Crippen LogP contribution in [0.15, 0.2) is 62.0 Å². The van der Waals surface area contributed by atoms with Crippen LogP contribution in [0.4, 0.5) is 0 Å². The number of aryl methyl sites for hydroxylation is 2. The van der Waals surface area contributed by atoms with Crippen molar-refractivity contribution in [1.82, 2.24) is 15.0 Å². The molecular weight excluding hydrogens is 588 g/mol. The highest BCUT2D eigenvalue weighted by atomic mass is 79.9. The van der Waals surface area contributed by atoms with Gasteiger partial charge in [0.05, 0.1) is 37.3 Å². The highest BCUT2D eigenvalue weighted by Gasteiger charge is 2.23. The normalized spacial score (nSPS) is 13.0. The molecule has 11 heteroatoms. The third kappa shape index (κ3) is 5.50. The largest absolute Gasteiger partial charge is 0.497 e. The van der Waals surface area contributed by atoms with Gasteiger partial charge in [0, 0.05) is 14.9 Å². The van der Waals surface area contributed by atoms with Crippen LogP contribution in [0.3, 0.4) is 0 Å². The monoisotopic (exact) mass is 612 g/mol. The van der Waals surface area contributed by atoms with Gasteiger partial charge >= 0.3 is 0 Å². The van der Waals surface area contributed by atoms with Gasteiger partial charge in [0.1, 0.15) is 16.3 Å². The topological polar surface area (TPSA) is 94.8 Å². The van der Waals surface area contributed by atoms with Gasteiger partial charge in [-0.3, -0.25) is 14.2 Å². The van der Waals surface area contributed by atoms with Gasteiger partial charge in [0.15, 0.2) is 5.16 Å². The van der Waals surface area contributed by atoms with Crippen molar-refractivity contribution in [2.45, 2.75) is 30.8 Å². The first-order valence-corrected chi connectivity index (χ1v) is 14.6. The van der Waals surface area contributed by atoms with Crippen LogP contribution in [0.25, 0.3) is 15.9 Å². The molecule has 2 aromatic heterocycles. The molecule has 0 aliphatic heterocycles. The van der Waals surface area contributed by atoms with Crippen LogP contribution in [-0.4, -0.2) is 41.6 Å². The van der Waals surface area contributed by atoms with Gasteiger partial charge in [-0.25, -0.2) is 10.4 Å². The number of carbonyl (C=O) groups excluding carboxylic acids is 1. The SMILES string of the molecule is COc1ccc(-n2c(SCC(=O)NN=Cc3cc(Br)ccc3OC)nc3sc4c(c3c2=O)CCCC4)cc1. The molecule has 2 heterocycles. The number of thiophene rings is 1. The van der Waals surface area contributed by atoms with Crippen molar-refractivity contribution in [1.29, 1.82) is 0 Å². The molecule has 0 saturated heterocycles. The summed E-state index contributed by atoms with van der Waals surface area (Å²) < 4.78 is 13.1. The number of thioether (sulfide) groups is 1. The van der Waals surface area contributed by atoms with Gasteiger partial charge < -0.3 is 9.47 Å². The van der Waals surface area contributed by atoms with Crippen molar-refractivity contribution in [3.8, 4) is 17.2 Å². The minimum atomic E-state index is -0.318. The average Bonchev–Trinajstić information content (AvgIpc) is 3.31. The van der Waals surface area contributed by atoms with E-state index >= 15 is 0 Å². The summed E-state index contributed by atoms with van der Waals surface area (Å²) in [5.41, 5.74) is 4.96. The van der Waals surface area contributed by atoms with Crippen molar-refractivity contribution in [3.63, 3.8) is 0 Å². The summed E-state index contributed by atoms with van der Waals surface area (Å²) in [7, 11) is 3.17. The lowest BCUT2D eigenvalue weighted by Crippen LogP contribution is -2.24. The second kappa shape index (κ2) is 11.7. The number of nitrogens with one attached hydrogen (secondary N) is 1. The zero-order chi connectivity index (χ0) is 26.6. The third-order valence-corrected chi connectivity index (χ3v) is 8.82. The number of fused-ring (bicyclic) bond motifs is 3. The first-order valence-electron chi connectivity index (χ1n) is 12.0. The number of aromatic nitrogens is 2. The molecule has 1 aliphatic carbocycles. The van der Waals surface area contributed by atoms with Crippen molar-refractivity contribution < 1.29 is 14.3 Å². The Morgan fingerprint density at radius 2 is 1.97 bits per heavy atom. The van der Waals surface area contributed by atoms with Crippen molar-refractivity contribution >= 4 is 61.4 Å². The lowest BCUT2D eigenvalue weighted by Gasteiger charge is -2.14. The van der Waals surface area contributed by atoms with Crippen LogP contribution in [0, 0.1) is 0 Å². The second-order valence-corrected chi connectivity index (χ2v) is 11.5. The summed E-state index contributed by atoms with van der Waals surface area (Å²) in [6.07, 6.45) is 5.60. The van der Waals surface area contributed by atoms with Crippen LogP contribution >= 0.6 is 39.0 Å². The fourth-order valence-corrected chi connectivity index (χ4v) is 6.87. The maximum atomic E-state index is 13.8. The molecule has 0 atom stereocenters. The van der Waals surface area contributed by atoms with Crippen LogP contribution in [0.5, 0.6) is 11.5 Å². The second-order valence-electron chi connectivity index (χ2n) is 8.59. The third-order valence-electron chi connectivity index (χ3n) is 6.21. The molecule has 0 bridgehead atoms. The Kier molecular flexibility index (Phi) is 8.15. The summed E-state index contributed by atoms with van der Waals surface area (Å²) >= 11 is 6.21. The number of carbonyl (C=O) groups is 1. The summed E-state index contributed by atoms with van der Waals surface area (Å²) in [4.78, 5) is 33.3. The van der Waals surface area contributed by atoms with Crippen LogP contribution in [0.1, 0.15) is 28.8 Å². The first kappa shape index (κ1) is 26.5. The molecule has 1 aliphatic rings. The van der Waals surface area contributed by atoms with E-state index in [4.69, 9.17) is 14.5 Å². The lowest BCUT2D eigenvalue weighted by molar-refractivity contribution is -0.118. The summed E-state index contributed by atoms with van der Waals surface area (Å²) in [5, 5.41) is 5.23. The maximum Gasteiger partial charge on any atom is 0.267 e. The van der Waals surface area contributed by atoms with Gasteiger partial charge in [-0.05, 0) is 73.7 Å². The number of amides is 1. The zero-order valence-corrected chi connectivity index (χ0v) is 24.0. The van der Waals surface area contributed by atoms with E-state index in [2.05, 4.69) is 26.5 Å². The number of hydrazone groups is 1. The fourth-order valence-electron chi connectivity index (χ4n) is 4.38. The van der Waals surface area contributed by atoms with Crippen LogP contribution < -0.4 is 20.5 Å². The van der Waals surface area contributed by atoms with E-state index in [1.165, 1.54) is 22.9 Å². The van der Waals surface area contributed by atoms with Gasteiger partial charge in [-0.2, -0.15) is 5.10 Å². The Labute approximate surface area is 236 Å². The van der Waals surface area contributed by atoms with Crippen molar-refractivity contribution in [2.75, 3.05) is 20.0 Å². The average molecular weight is 614 g/mol. The minimum Gasteiger partial charge on any atom is -0.497 e. The maximum absolute atomic E-state index is 13.8. The number of hydrogen-bond acceptors (Lipinski definition) is 8. The molecule has 2 aromatic carbocycles. The zero-order valence-electron chi connectivity index (χ0n) is 20.8. The Bertz CT molecular complexity index is 1580. The number of methoxy groups -OCH3 is 2. The van der Waals surface area contributed by atoms with E-state index in [0.717, 1.165) is 46.1 Å². The number of rotatable bonds is 8. The van der Waals surface area contributed by atoms with Crippen molar-refractivity contribution in [2.24, 2.45) is 5.10 Å². The highest BCUT2D eigenvalue weighted by Crippen LogP contribution is 2.35. The Hall–Kier alpha value is -3.15. The van der Waals surface area contributed by atoms with Gasteiger partial charge in [-0.15, -0.1) is 11.3 Å². The molecule has 1 N–H and O–H groups in total. The van der Waals surface area contributed by atoms with E-state index in [1.807, 2.05) is 30.3 Å². The molecule has 0 spiro atoms. The molecule has 0 saturated carbocycles. The van der Waals surface area contributed by atoms with Crippen molar-refractivity contribution in [3.05, 3.63) is 73.3 Å². The Balaban J connectivity index is 1.42. The Morgan fingerprint density at radius 1 is 1.18 bits per heavy atom. The quantitative estimate of drug-likeness (QED) is 0.125. The minimum absolute atomic E-state index is 0.0339. The number of halogens is 1. The van der Waals surface area contributed by atoms with Gasteiger partial charge in [0.25, 0.3) is 11.5 Å². The first-order chi connectivity index (χ1) is 18.5. The predicted octanol–water partition coefficient (Wildman–Crippen LogP) is 5.35. The summed E-state index contributed by atoms with van der Waals surface area (Å²) in [6.45, 7) is 0. The summed E-state index contributed by atoms with van der Waals surface area (Å²) in [5.74, 6) is 1.05. The molecule has 5 rings (SSSR count). The molecular formula is C27H25BrN4O4S2. The molecule has 0 radical (unpaired) electrons. The molecule has 38 heavy (non-hydrogen) atoms. The number of benzene rings is 2. The van der Waals surface area contributed by atoms with Crippen LogP contribution in [-0.2, 0) is 17.6 Å². The van der Waals surface area contributed by atoms with E-state index in [1.54, 1.807) is 42.3 Å². The molecule has 0 unspecified atom stereocenters. The Morgan fingerprint density at radius 3 is 2.74 bits per heavy atom. The van der Waals surface area contributed by atoms with E-state index < -0.39 is 0 Å². The van der Waals surface area contributed by atoms with Crippen LogP contribution in [0.2, 0.25) is 0 Å².